The van der Waals surface area contributed by atoms with Gasteiger partial charge < -0.3 is 87.6 Å². The predicted octanol–water partition coefficient (Wildman–Crippen LogP) is 6.56. The summed E-state index contributed by atoms with van der Waals surface area (Å²) in [7, 11) is 4.80. The molecule has 14 N–H and O–H groups in total. The Kier molecular flexibility index (Phi) is 63.8. The number of hydrazine groups is 3. The number of thioether (sulfide) groups is 3. The summed E-state index contributed by atoms with van der Waals surface area (Å²) >= 11 is 5.97. The molecule has 48 heteroatoms. The number of aliphatic hydroxyl groups is 3. The molecule has 5 unspecified atom stereocenters. The molecule has 0 radical (unpaired) electrons. The molecule has 0 aliphatic carbocycles. The first kappa shape index (κ1) is 127. The number of allylic oxidation sites excluding steroid dienone is 1. The van der Waals surface area contributed by atoms with Crippen molar-refractivity contribution in [3.05, 3.63) is 277 Å². The number of benzene rings is 5. The number of hydroxylamine groups is 1. The number of aldehydes is 2. The van der Waals surface area contributed by atoms with E-state index in [1.54, 1.807) is 174 Å². The van der Waals surface area contributed by atoms with Crippen LogP contribution in [0.1, 0.15) is 93.3 Å². The highest BCUT2D eigenvalue weighted by Crippen LogP contribution is 2.18. The summed E-state index contributed by atoms with van der Waals surface area (Å²) in [5.41, 5.74) is 16.3. The van der Waals surface area contributed by atoms with Crippen LogP contribution in [0.4, 0.5) is 11.4 Å². The van der Waals surface area contributed by atoms with Crippen LogP contribution in [0.25, 0.3) is 0 Å². The maximum atomic E-state index is 11.2. The molecule has 3 aliphatic rings. The van der Waals surface area contributed by atoms with Crippen molar-refractivity contribution in [2.75, 3.05) is 89.7 Å². The molecule has 8 aromatic rings. The molecule has 0 saturated carbocycles. The van der Waals surface area contributed by atoms with Crippen LogP contribution in [0.5, 0.6) is 17.8 Å². The Hall–Kier alpha value is -14.3. The summed E-state index contributed by atoms with van der Waals surface area (Å²) in [6.45, 7) is 25.1. The Bertz CT molecular complexity index is 5180. The van der Waals surface area contributed by atoms with Gasteiger partial charge in [-0.3, -0.25) is 79.1 Å². The zero-order valence-corrected chi connectivity index (χ0v) is 84.9. The molecule has 3 aliphatic heterocycles. The number of rotatable bonds is 39. The summed E-state index contributed by atoms with van der Waals surface area (Å²) in [5, 5.41) is 70.6. The van der Waals surface area contributed by atoms with E-state index in [0.29, 0.717) is 73.5 Å². The number of hydrogen-bond acceptors (Lipinski definition) is 42. The van der Waals surface area contributed by atoms with Gasteiger partial charge in [0.1, 0.15) is 56.6 Å². The van der Waals surface area contributed by atoms with Gasteiger partial charge in [-0.2, -0.15) is 44.0 Å². The highest BCUT2D eigenvalue weighted by Gasteiger charge is 2.27. The third kappa shape index (κ3) is 54.3. The largest absolute Gasteiger partial charge is 0.464 e. The van der Waals surface area contributed by atoms with Gasteiger partial charge in [0.25, 0.3) is 53.3 Å². The van der Waals surface area contributed by atoms with Gasteiger partial charge in [-0.25, -0.2) is 14.4 Å². The number of ether oxygens (including phenoxy) is 4. The van der Waals surface area contributed by atoms with Crippen LogP contribution in [-0.2, 0) is 61.7 Å². The molecule has 6 amide bonds. The molecule has 11 rings (SSSR count). The highest BCUT2D eigenvalue weighted by molar-refractivity contribution is 8.02. The number of hydrogen-bond donors (Lipinski definition) is 14. The van der Waals surface area contributed by atoms with Gasteiger partial charge >= 0.3 is 44.6 Å². The molecule has 6 heterocycles. The summed E-state index contributed by atoms with van der Waals surface area (Å²) in [6, 6.07) is 44.1. The number of anilines is 2. The quantitative estimate of drug-likeness (QED) is 0.00223. The molecule has 41 nitrogen and oxygen atoms in total. The zero-order valence-electron chi connectivity index (χ0n) is 81.6. The third-order valence-electron chi connectivity index (χ3n) is 17.6. The molecule has 5 aromatic carbocycles. The van der Waals surface area contributed by atoms with E-state index < -0.39 is 80.7 Å². The summed E-state index contributed by atoms with van der Waals surface area (Å²) in [6.07, 6.45) is 18.2. The third-order valence-corrected chi connectivity index (χ3v) is 20.4. The second-order valence-electron chi connectivity index (χ2n) is 28.8. The van der Waals surface area contributed by atoms with Crippen LogP contribution in [0.3, 0.4) is 0 Å². The van der Waals surface area contributed by atoms with E-state index >= 15 is 0 Å². The first-order valence-electron chi connectivity index (χ1n) is 42.7. The number of imide groups is 3. The maximum absolute atomic E-state index is 11.2. The molecular weight excluding hydrogens is 1940 g/mol. The zero-order chi connectivity index (χ0) is 108. The van der Waals surface area contributed by atoms with Crippen LogP contribution in [0, 0.1) is 0 Å². The van der Waals surface area contributed by atoms with Crippen molar-refractivity contribution in [3.8, 4) is 17.8 Å². The molecule has 143 heavy (non-hydrogen) atoms. The summed E-state index contributed by atoms with van der Waals surface area (Å²) < 4.78 is 39.1. The highest BCUT2D eigenvalue weighted by atomic mass is 32.2. The summed E-state index contributed by atoms with van der Waals surface area (Å²) in [5.74, 6) is -3.86. The standard InChI is InChI=1S/C11H13NO3.C11H15NOS.C10H11BO4.C9H12BNO3.C9H11BO3S.C8H8N2O3.C8H10O4.C8H12O2S.C7H9N3O2.C7H8N2O2S.C7H11NO3/c1-8(14)11(15)6-12-10-4-2-9(7-13)3-5-10;1-9(14-2)7-12-11-5-3-10(8-13)4-6-11;1-7(12)15-10(13)8-3-5-9(6-4-8)11(2)14;1-10(13)8-5-3-7(4-6-8)9(12)14-11-2;1-10(12)8-5-3-7(4-6-8)9(11)13-14-2;1-5(6(2)11)9-10-7(12)3-4-8(10)13;1-6(9)7(10)5-12-8-3-2-4-11-8;1-7(11-2)6-10-8-4-3-5-9-8;1-5(8-2)9-10-6(11)3-4-7(10)12;1-5(12-2)8-9-6(10)3-4-7(9)11;1-8-6(9)5-11-7-3-2-4-10-7/h2-5,7,11-12,15H,6H2,1H3;3-6,8-9,12H,7H2,1-2H3;3-6,14H,1-2H3;3-6,11,13H,1-2H3;3-6,12H,1-2H3;3-4,9H,1H2,2H3;2-4,7,10H,5H2,1H3;3-5,7H,6H2,1-2H3;3-4,8-9H,1H2,2H3;3-4,8H,1H2,2H3;2-4,6,8-9H,5H2,1H3. The van der Waals surface area contributed by atoms with Crippen molar-refractivity contribution in [2.45, 2.75) is 90.9 Å². The van der Waals surface area contributed by atoms with Gasteiger partial charge in [0, 0.05) is 135 Å². The molecule has 5 atom stereocenters. The van der Waals surface area contributed by atoms with Crippen molar-refractivity contribution in [3.63, 3.8) is 0 Å². The van der Waals surface area contributed by atoms with Gasteiger partial charge in [0.05, 0.1) is 58.2 Å². The number of esters is 2. The lowest BCUT2D eigenvalue weighted by Gasteiger charge is -2.17. The number of furan rings is 3. The number of carbonyl (C=O) groups is 15. The molecule has 3 aromatic heterocycles. The lowest BCUT2D eigenvalue weighted by Crippen LogP contribution is -2.44. The predicted molar refractivity (Wildman–Crippen MR) is 550 cm³/mol. The normalized spacial score (nSPS) is 12.3. The Morgan fingerprint density at radius 2 is 0.811 bits per heavy atom. The minimum Gasteiger partial charge on any atom is -0.464 e. The number of aliphatic hydroxyl groups excluding tert-OH is 3. The monoisotopic (exact) mass is 2060 g/mol. The van der Waals surface area contributed by atoms with E-state index in [-0.39, 0.29) is 66.2 Å². The number of carbonyl (C=O) groups excluding carboxylic acids is 15. The van der Waals surface area contributed by atoms with E-state index in [2.05, 4.69) is 98.7 Å². The minimum absolute atomic E-state index is 0.00500. The number of likely N-dealkylation sites (N-methyl/N-ethyl adjacent to an activating group) is 1. The van der Waals surface area contributed by atoms with E-state index in [0.717, 1.165) is 80.6 Å². The fourth-order valence-electron chi connectivity index (χ4n) is 9.15. The van der Waals surface area contributed by atoms with Gasteiger partial charge in [0.2, 0.25) is 0 Å². The number of amides is 6. The maximum Gasteiger partial charge on any atom is 0.356 e. The Morgan fingerprint density at radius 3 is 1.13 bits per heavy atom. The molecule has 0 bridgehead atoms. The van der Waals surface area contributed by atoms with Crippen molar-refractivity contribution in [2.24, 2.45) is 0 Å². The van der Waals surface area contributed by atoms with E-state index in [4.69, 9.17) is 41.9 Å². The second kappa shape index (κ2) is 72.0. The van der Waals surface area contributed by atoms with Crippen molar-refractivity contribution >= 4 is 185 Å². The smallest absolute Gasteiger partial charge is 0.356 e. The fraction of sp³-hybridized carbons (Fsp3) is 0.274. The van der Waals surface area contributed by atoms with Crippen molar-refractivity contribution in [1.29, 1.82) is 0 Å². The molecule has 768 valence electrons. The lowest BCUT2D eigenvalue weighted by atomic mass is 9.64. The average molecular weight is 2060 g/mol. The number of nitrogens with one attached hydrogen (secondary N) is 8. The molecule has 0 saturated heterocycles. The minimum atomic E-state index is -1.07. The van der Waals surface area contributed by atoms with Crippen LogP contribution < -0.4 is 73.6 Å². The Labute approximate surface area is 846 Å². The molecule has 0 spiro atoms. The van der Waals surface area contributed by atoms with Crippen LogP contribution >= 0.6 is 47.3 Å². The number of nitrogens with zero attached hydrogens (tertiary/aromatic N) is 3. The average Bonchev–Trinajstić information content (AvgIpc) is 1.59. The number of ketones is 3. The van der Waals surface area contributed by atoms with Crippen LogP contribution in [0.2, 0.25) is 20.5 Å². The van der Waals surface area contributed by atoms with Crippen molar-refractivity contribution in [1.82, 2.24) is 47.4 Å². The molecule has 0 fully saturated rings. The van der Waals surface area contributed by atoms with E-state index in [1.165, 1.54) is 95.5 Å². The summed E-state index contributed by atoms with van der Waals surface area (Å²) in [4.78, 5) is 167. The first-order chi connectivity index (χ1) is 67.8. The Balaban J connectivity index is 0.000000788. The second-order valence-corrected chi connectivity index (χ2v) is 32.7. The fourth-order valence-corrected chi connectivity index (χ4v) is 10.0. The van der Waals surface area contributed by atoms with Gasteiger partial charge in [0.15, 0.2) is 17.3 Å². The van der Waals surface area contributed by atoms with E-state index in [9.17, 15) is 92.1 Å². The first-order valence-corrected chi connectivity index (χ1v) is 47.6. The topological polar surface area (TPSA) is 578 Å². The van der Waals surface area contributed by atoms with Crippen molar-refractivity contribution < 1.29 is 144 Å². The Morgan fingerprint density at radius 1 is 0.455 bits per heavy atom. The molecular formula is C95H120B3N11O30S4. The van der Waals surface area contributed by atoms with Gasteiger partial charge in [-0.15, -0.1) is 11.8 Å². The van der Waals surface area contributed by atoms with Crippen LogP contribution in [-0.4, -0.2) is 263 Å². The van der Waals surface area contributed by atoms with E-state index in [1.807, 2.05) is 48.2 Å². The van der Waals surface area contributed by atoms with Gasteiger partial charge in [-0.1, -0.05) is 90.5 Å². The SMILES string of the molecule is C=C(NC)NN1C(=O)C=CC1=O.C=C(NN1C(=O)C=CC1=O)C(C)=O.C=C(NN1C(=O)C=CC1=O)SC.CB(O)c1ccc(C(=O)OC(C)=O)cc1.CC(=O)C(O)CNc1ccc(C=O)cc1.CC(=O)C(O)COc1ccco1.CNC(O)COc1ccco1.CNOC(=O)c1ccc(B(C)O)cc1.CSC(C)CNc1ccc(C=O)cc1.CSC(C)COc1ccco1.CSOC(=O)c1ccc(B(C)O)cc1. The van der Waals surface area contributed by atoms with Crippen LogP contribution in [0.15, 0.2) is 263 Å². The number of Topliss-reactive ketones (excluding diaryl/α,β-unsaturated/α-hetero) is 3. The van der Waals surface area contributed by atoms with Gasteiger partial charge in [-0.05, 0) is 159 Å². The lowest BCUT2D eigenvalue weighted by molar-refractivity contribution is -0.141.